The summed E-state index contributed by atoms with van der Waals surface area (Å²) in [5.41, 5.74) is 0. The third-order valence-electron chi connectivity index (χ3n) is 2.49. The SMILES string of the molecule is CC[C@@]12OC[C@@H](O1)C(=O)O[C@H]2C. The van der Waals surface area contributed by atoms with Crippen molar-refractivity contribution in [1.29, 1.82) is 0 Å². The normalized spacial score (nSPS) is 46.0. The molecule has 2 saturated heterocycles. The predicted octanol–water partition coefficient (Wildman–Crippen LogP) is 0.453. The quantitative estimate of drug-likeness (QED) is 0.539. The van der Waals surface area contributed by atoms with Crippen molar-refractivity contribution in [2.75, 3.05) is 6.61 Å². The zero-order valence-electron chi connectivity index (χ0n) is 7.20. The number of cyclic esters (lactones) is 1. The first-order valence-corrected chi connectivity index (χ1v) is 4.20. The number of carbonyl (C=O) groups excluding carboxylic acids is 1. The van der Waals surface area contributed by atoms with Crippen LogP contribution in [0.2, 0.25) is 0 Å². The molecule has 68 valence electrons. The lowest BCUT2D eigenvalue weighted by molar-refractivity contribution is -0.260. The van der Waals surface area contributed by atoms with Crippen LogP contribution in [0.5, 0.6) is 0 Å². The van der Waals surface area contributed by atoms with E-state index >= 15 is 0 Å². The van der Waals surface area contributed by atoms with E-state index in [1.54, 1.807) is 6.92 Å². The predicted molar refractivity (Wildman–Crippen MR) is 39.4 cm³/mol. The summed E-state index contributed by atoms with van der Waals surface area (Å²) in [7, 11) is 0. The Balaban J connectivity index is 2.24. The van der Waals surface area contributed by atoms with E-state index in [0.29, 0.717) is 13.0 Å². The minimum atomic E-state index is -0.668. The fourth-order valence-electron chi connectivity index (χ4n) is 1.67. The Bertz CT molecular complexity index is 215. The Morgan fingerprint density at radius 1 is 1.67 bits per heavy atom. The molecule has 0 radical (unpaired) electrons. The van der Waals surface area contributed by atoms with Crippen LogP contribution in [0.3, 0.4) is 0 Å². The zero-order chi connectivity index (χ0) is 8.77. The van der Waals surface area contributed by atoms with E-state index in [9.17, 15) is 4.79 Å². The molecule has 4 heteroatoms. The van der Waals surface area contributed by atoms with Crippen molar-refractivity contribution >= 4 is 5.97 Å². The molecule has 2 aliphatic rings. The maximum absolute atomic E-state index is 11.1. The van der Waals surface area contributed by atoms with Crippen LogP contribution in [0, 0.1) is 0 Å². The lowest BCUT2D eigenvalue weighted by atomic mass is 10.1. The summed E-state index contributed by atoms with van der Waals surface area (Å²) in [5.74, 6) is -0.970. The molecule has 2 heterocycles. The van der Waals surface area contributed by atoms with Gasteiger partial charge in [-0.3, -0.25) is 0 Å². The van der Waals surface area contributed by atoms with Crippen LogP contribution < -0.4 is 0 Å². The van der Waals surface area contributed by atoms with Gasteiger partial charge in [0.1, 0.15) is 0 Å². The van der Waals surface area contributed by atoms with Crippen molar-refractivity contribution in [3.05, 3.63) is 0 Å². The first kappa shape index (κ1) is 8.01. The van der Waals surface area contributed by atoms with E-state index in [0.717, 1.165) is 0 Å². The summed E-state index contributed by atoms with van der Waals surface area (Å²) < 4.78 is 16.0. The molecule has 2 aliphatic heterocycles. The van der Waals surface area contributed by atoms with Crippen LogP contribution in [-0.4, -0.2) is 30.6 Å². The van der Waals surface area contributed by atoms with Crippen LogP contribution in [0.15, 0.2) is 0 Å². The lowest BCUT2D eigenvalue weighted by Crippen LogP contribution is -2.49. The van der Waals surface area contributed by atoms with Gasteiger partial charge in [0.05, 0.1) is 6.61 Å². The molecule has 4 nitrogen and oxygen atoms in total. The minimum Gasteiger partial charge on any atom is -0.455 e. The number of hydrogen-bond donors (Lipinski definition) is 0. The third-order valence-corrected chi connectivity index (χ3v) is 2.49. The standard InChI is InChI=1S/C8H12O4/c1-3-8-5(2)11-7(9)6(12-8)4-10-8/h5-6H,3-4H2,1-2H3/t5-,6+,8+/m0/s1. The van der Waals surface area contributed by atoms with Gasteiger partial charge < -0.3 is 14.2 Å². The average molecular weight is 172 g/mol. The van der Waals surface area contributed by atoms with Crippen molar-refractivity contribution in [3.8, 4) is 0 Å². The highest BCUT2D eigenvalue weighted by atomic mass is 16.8. The second-order valence-corrected chi connectivity index (χ2v) is 3.16. The van der Waals surface area contributed by atoms with Crippen LogP contribution in [0.25, 0.3) is 0 Å². The molecule has 12 heavy (non-hydrogen) atoms. The summed E-state index contributed by atoms with van der Waals surface area (Å²) >= 11 is 0. The Labute approximate surface area is 70.8 Å². The molecule has 0 spiro atoms. The van der Waals surface area contributed by atoms with E-state index < -0.39 is 11.9 Å². The molecule has 0 saturated carbocycles. The Morgan fingerprint density at radius 3 is 3.08 bits per heavy atom. The van der Waals surface area contributed by atoms with Gasteiger partial charge in [-0.15, -0.1) is 0 Å². The summed E-state index contributed by atoms with van der Waals surface area (Å²) in [5, 5.41) is 0. The number of rotatable bonds is 1. The van der Waals surface area contributed by atoms with Crippen LogP contribution in [0.4, 0.5) is 0 Å². The molecule has 2 fully saturated rings. The van der Waals surface area contributed by atoms with E-state index in [4.69, 9.17) is 14.2 Å². The van der Waals surface area contributed by atoms with Gasteiger partial charge in [0.15, 0.2) is 12.2 Å². The largest absolute Gasteiger partial charge is 0.455 e. The third kappa shape index (κ3) is 0.881. The van der Waals surface area contributed by atoms with Gasteiger partial charge >= 0.3 is 5.97 Å². The smallest absolute Gasteiger partial charge is 0.338 e. The molecule has 0 aromatic rings. The van der Waals surface area contributed by atoms with Crippen molar-refractivity contribution in [3.63, 3.8) is 0 Å². The number of esters is 1. The van der Waals surface area contributed by atoms with Gasteiger partial charge in [-0.1, -0.05) is 6.92 Å². The molecule has 0 N–H and O–H groups in total. The molecule has 0 unspecified atom stereocenters. The molecule has 0 aromatic carbocycles. The second-order valence-electron chi connectivity index (χ2n) is 3.16. The van der Waals surface area contributed by atoms with Gasteiger partial charge in [0, 0.05) is 6.42 Å². The molecule has 2 bridgehead atoms. The van der Waals surface area contributed by atoms with E-state index in [1.807, 2.05) is 6.92 Å². The van der Waals surface area contributed by atoms with Crippen LogP contribution in [0.1, 0.15) is 20.3 Å². The van der Waals surface area contributed by atoms with Crippen molar-refractivity contribution in [2.45, 2.75) is 38.3 Å². The molecule has 0 aliphatic carbocycles. The van der Waals surface area contributed by atoms with Crippen LogP contribution in [-0.2, 0) is 19.0 Å². The molecular weight excluding hydrogens is 160 g/mol. The summed E-state index contributed by atoms with van der Waals surface area (Å²) in [6.07, 6.45) is -0.0901. The Hall–Kier alpha value is -0.610. The Kier molecular flexibility index (Phi) is 1.63. The fourth-order valence-corrected chi connectivity index (χ4v) is 1.67. The van der Waals surface area contributed by atoms with Gasteiger partial charge in [0.2, 0.25) is 5.79 Å². The summed E-state index contributed by atoms with van der Waals surface area (Å²) in [4.78, 5) is 11.1. The fraction of sp³-hybridized carbons (Fsp3) is 0.875. The van der Waals surface area contributed by atoms with Gasteiger partial charge in [-0.2, -0.15) is 0 Å². The van der Waals surface area contributed by atoms with Gasteiger partial charge in [-0.05, 0) is 6.92 Å². The molecule has 0 aromatic heterocycles. The highest BCUT2D eigenvalue weighted by molar-refractivity contribution is 5.76. The van der Waals surface area contributed by atoms with E-state index in [-0.39, 0.29) is 12.1 Å². The van der Waals surface area contributed by atoms with E-state index in [1.165, 1.54) is 0 Å². The van der Waals surface area contributed by atoms with E-state index in [2.05, 4.69) is 0 Å². The minimum absolute atomic E-state index is 0.297. The van der Waals surface area contributed by atoms with Crippen molar-refractivity contribution < 1.29 is 19.0 Å². The summed E-state index contributed by atoms with van der Waals surface area (Å²) in [6.45, 7) is 4.08. The summed E-state index contributed by atoms with van der Waals surface area (Å²) in [6, 6.07) is 0. The average Bonchev–Trinajstić information content (AvgIpc) is 2.44. The first-order valence-electron chi connectivity index (χ1n) is 4.20. The monoisotopic (exact) mass is 172 g/mol. The number of fused-ring (bicyclic) bond motifs is 2. The maximum Gasteiger partial charge on any atom is 0.338 e. The number of hydrogen-bond acceptors (Lipinski definition) is 4. The highest BCUT2D eigenvalue weighted by Crippen LogP contribution is 2.36. The highest BCUT2D eigenvalue weighted by Gasteiger charge is 2.53. The molecule has 3 atom stereocenters. The number of ether oxygens (including phenoxy) is 3. The molecule has 0 amide bonds. The molecule has 2 rings (SSSR count). The van der Waals surface area contributed by atoms with Crippen LogP contribution >= 0.6 is 0 Å². The topological polar surface area (TPSA) is 44.8 Å². The maximum atomic E-state index is 11.1. The van der Waals surface area contributed by atoms with Gasteiger partial charge in [0.25, 0.3) is 0 Å². The second kappa shape index (κ2) is 2.44. The number of carbonyl (C=O) groups is 1. The molecular formula is C8H12O4. The van der Waals surface area contributed by atoms with Crippen molar-refractivity contribution in [1.82, 2.24) is 0 Å². The zero-order valence-corrected chi connectivity index (χ0v) is 7.20. The first-order chi connectivity index (χ1) is 5.68. The van der Waals surface area contributed by atoms with Gasteiger partial charge in [-0.25, -0.2) is 4.79 Å². The Morgan fingerprint density at radius 2 is 2.42 bits per heavy atom. The van der Waals surface area contributed by atoms with Crippen molar-refractivity contribution in [2.24, 2.45) is 0 Å². The lowest BCUT2D eigenvalue weighted by Gasteiger charge is -2.35.